The van der Waals surface area contributed by atoms with Crippen molar-refractivity contribution in [3.05, 3.63) is 29.8 Å². The van der Waals surface area contributed by atoms with E-state index in [1.165, 1.54) is 0 Å². The van der Waals surface area contributed by atoms with Gasteiger partial charge in [-0.3, -0.25) is 14.4 Å². The normalized spacial score (nSPS) is 26.9. The topological polar surface area (TPSA) is 95.5 Å². The Hall–Kier alpha value is -2.37. The Morgan fingerprint density at radius 3 is 2.73 bits per heavy atom. The molecule has 1 aromatic rings. The van der Waals surface area contributed by atoms with Crippen LogP contribution in [0.5, 0.6) is 0 Å². The Morgan fingerprint density at radius 1 is 1.23 bits per heavy atom. The number of hydrogen-bond acceptors (Lipinski definition) is 3. The van der Waals surface area contributed by atoms with Gasteiger partial charge in [-0.15, -0.1) is 0 Å². The summed E-state index contributed by atoms with van der Waals surface area (Å²) in [7, 11) is 0. The maximum atomic E-state index is 12.5. The molecule has 1 aliphatic carbocycles. The van der Waals surface area contributed by atoms with Crippen molar-refractivity contribution in [1.29, 1.82) is 0 Å². The first kappa shape index (κ1) is 14.6. The fourth-order valence-electron chi connectivity index (χ4n) is 3.28. The average molecular weight is 302 g/mol. The van der Waals surface area contributed by atoms with Crippen LogP contribution < -0.4 is 10.6 Å². The predicted octanol–water partition coefficient (Wildman–Crippen LogP) is 1.48. The Balaban J connectivity index is 1.71. The van der Waals surface area contributed by atoms with Crippen LogP contribution in [0.1, 0.15) is 37.2 Å². The molecule has 3 atom stereocenters. The Labute approximate surface area is 127 Å². The lowest BCUT2D eigenvalue weighted by Crippen LogP contribution is -2.39. The molecule has 1 saturated carbocycles. The zero-order valence-corrected chi connectivity index (χ0v) is 12.0. The predicted molar refractivity (Wildman–Crippen MR) is 79.3 cm³/mol. The fraction of sp³-hybridized carbons (Fsp3) is 0.438. The highest BCUT2D eigenvalue weighted by atomic mass is 16.4. The van der Waals surface area contributed by atoms with E-state index in [0.29, 0.717) is 24.9 Å². The lowest BCUT2D eigenvalue weighted by molar-refractivity contribution is -0.141. The molecular formula is C16H18N2O4. The van der Waals surface area contributed by atoms with Crippen LogP contribution in [0.15, 0.2) is 24.3 Å². The second kappa shape index (κ2) is 5.79. The van der Waals surface area contributed by atoms with Gasteiger partial charge in [-0.25, -0.2) is 0 Å². The van der Waals surface area contributed by atoms with Gasteiger partial charge in [0.05, 0.1) is 11.8 Å². The van der Waals surface area contributed by atoms with E-state index in [1.807, 2.05) is 18.2 Å². The molecule has 2 aliphatic rings. The van der Waals surface area contributed by atoms with E-state index in [9.17, 15) is 14.4 Å². The molecule has 3 rings (SSSR count). The highest BCUT2D eigenvalue weighted by Gasteiger charge is 2.35. The monoisotopic (exact) mass is 302 g/mol. The number of carboxylic acid groups (broad SMARTS) is 1. The standard InChI is InChI=1S/C16H18N2O4/c19-14-8-12(11-3-1-2-4-13(11)18-14)15(20)17-10-6-5-9(7-10)16(21)22/h1-4,9-10,12H,5-8H2,(H,17,20)(H,18,19)(H,21,22)/t9-,10+,12?/m0/s1. The van der Waals surface area contributed by atoms with E-state index in [2.05, 4.69) is 10.6 Å². The molecule has 6 heteroatoms. The molecule has 1 fully saturated rings. The second-order valence-corrected chi connectivity index (χ2v) is 5.95. The summed E-state index contributed by atoms with van der Waals surface area (Å²) in [6, 6.07) is 7.15. The van der Waals surface area contributed by atoms with Crippen molar-refractivity contribution in [2.75, 3.05) is 5.32 Å². The molecule has 0 saturated heterocycles. The molecular weight excluding hydrogens is 284 g/mol. The van der Waals surface area contributed by atoms with Crippen molar-refractivity contribution < 1.29 is 19.5 Å². The van der Waals surface area contributed by atoms with Crippen LogP contribution in [0.2, 0.25) is 0 Å². The van der Waals surface area contributed by atoms with Crippen LogP contribution in [0.4, 0.5) is 5.69 Å². The average Bonchev–Trinajstić information content (AvgIpc) is 2.95. The summed E-state index contributed by atoms with van der Waals surface area (Å²) in [6.45, 7) is 0. The third kappa shape index (κ3) is 2.81. The molecule has 0 radical (unpaired) electrons. The maximum absolute atomic E-state index is 12.5. The van der Waals surface area contributed by atoms with Gasteiger partial charge < -0.3 is 15.7 Å². The van der Waals surface area contributed by atoms with Crippen molar-refractivity contribution in [3.8, 4) is 0 Å². The van der Waals surface area contributed by atoms with Crippen LogP contribution >= 0.6 is 0 Å². The van der Waals surface area contributed by atoms with E-state index in [0.717, 1.165) is 5.56 Å². The molecule has 0 bridgehead atoms. The molecule has 3 N–H and O–H groups in total. The minimum atomic E-state index is -0.806. The first-order chi connectivity index (χ1) is 10.5. The van der Waals surface area contributed by atoms with Gasteiger partial charge in [0.25, 0.3) is 0 Å². The Kier molecular flexibility index (Phi) is 3.83. The zero-order chi connectivity index (χ0) is 15.7. The SMILES string of the molecule is O=C1CC(C(=O)N[C@@H]2CC[C@H](C(=O)O)C2)c2ccccc2N1. The van der Waals surface area contributed by atoms with Crippen molar-refractivity contribution in [2.45, 2.75) is 37.6 Å². The van der Waals surface area contributed by atoms with Gasteiger partial charge in [-0.2, -0.15) is 0 Å². The number of anilines is 1. The van der Waals surface area contributed by atoms with Gasteiger partial charge >= 0.3 is 5.97 Å². The second-order valence-electron chi connectivity index (χ2n) is 5.95. The number of carbonyl (C=O) groups excluding carboxylic acids is 2. The van der Waals surface area contributed by atoms with E-state index in [1.54, 1.807) is 6.07 Å². The van der Waals surface area contributed by atoms with Crippen molar-refractivity contribution >= 4 is 23.5 Å². The summed E-state index contributed by atoms with van der Waals surface area (Å²) in [4.78, 5) is 35.2. The highest BCUT2D eigenvalue weighted by molar-refractivity contribution is 6.01. The minimum absolute atomic E-state index is 0.120. The van der Waals surface area contributed by atoms with Crippen molar-refractivity contribution in [1.82, 2.24) is 5.32 Å². The summed E-state index contributed by atoms with van der Waals surface area (Å²) in [5.74, 6) is -2.06. The number of carbonyl (C=O) groups is 3. The molecule has 22 heavy (non-hydrogen) atoms. The van der Waals surface area contributed by atoms with Gasteiger partial charge in [0, 0.05) is 18.2 Å². The molecule has 116 valence electrons. The van der Waals surface area contributed by atoms with Crippen molar-refractivity contribution in [2.24, 2.45) is 5.92 Å². The first-order valence-corrected chi connectivity index (χ1v) is 7.46. The molecule has 1 heterocycles. The number of para-hydroxylation sites is 1. The van der Waals surface area contributed by atoms with Crippen LogP contribution in [0.3, 0.4) is 0 Å². The number of carboxylic acids is 1. The van der Waals surface area contributed by atoms with Crippen molar-refractivity contribution in [3.63, 3.8) is 0 Å². The van der Waals surface area contributed by atoms with E-state index in [-0.39, 0.29) is 30.2 Å². The molecule has 1 aliphatic heterocycles. The van der Waals surface area contributed by atoms with Gasteiger partial charge in [0.15, 0.2) is 0 Å². The molecule has 6 nitrogen and oxygen atoms in total. The van der Waals surface area contributed by atoms with Gasteiger partial charge in [0.1, 0.15) is 0 Å². The number of benzene rings is 1. The van der Waals surface area contributed by atoms with Gasteiger partial charge in [-0.05, 0) is 30.9 Å². The summed E-state index contributed by atoms with van der Waals surface area (Å²) >= 11 is 0. The van der Waals surface area contributed by atoms with Gasteiger partial charge in [-0.1, -0.05) is 18.2 Å². The minimum Gasteiger partial charge on any atom is -0.481 e. The lowest BCUT2D eigenvalue weighted by Gasteiger charge is -2.26. The largest absolute Gasteiger partial charge is 0.481 e. The Bertz CT molecular complexity index is 628. The van der Waals surface area contributed by atoms with Crippen LogP contribution in [0.25, 0.3) is 0 Å². The first-order valence-electron chi connectivity index (χ1n) is 7.46. The highest BCUT2D eigenvalue weighted by Crippen LogP contribution is 2.33. The van der Waals surface area contributed by atoms with Crippen LogP contribution in [-0.2, 0) is 14.4 Å². The molecule has 2 amide bonds. The Morgan fingerprint density at radius 2 is 2.00 bits per heavy atom. The third-order valence-electron chi connectivity index (χ3n) is 4.44. The van der Waals surface area contributed by atoms with Crippen LogP contribution in [-0.4, -0.2) is 28.9 Å². The number of nitrogens with one attached hydrogen (secondary N) is 2. The maximum Gasteiger partial charge on any atom is 0.306 e. The smallest absolute Gasteiger partial charge is 0.306 e. The number of fused-ring (bicyclic) bond motifs is 1. The third-order valence-corrected chi connectivity index (χ3v) is 4.44. The number of aliphatic carboxylic acids is 1. The number of hydrogen-bond donors (Lipinski definition) is 3. The fourth-order valence-corrected chi connectivity index (χ4v) is 3.28. The summed E-state index contributed by atoms with van der Waals surface area (Å²) < 4.78 is 0. The zero-order valence-electron chi connectivity index (χ0n) is 12.0. The van der Waals surface area contributed by atoms with E-state index < -0.39 is 11.9 Å². The summed E-state index contributed by atoms with van der Waals surface area (Å²) in [5, 5.41) is 14.7. The van der Waals surface area contributed by atoms with Gasteiger partial charge in [0.2, 0.25) is 11.8 Å². The molecule has 1 aromatic carbocycles. The quantitative estimate of drug-likeness (QED) is 0.788. The van der Waals surface area contributed by atoms with E-state index in [4.69, 9.17) is 5.11 Å². The molecule has 1 unspecified atom stereocenters. The van der Waals surface area contributed by atoms with Crippen LogP contribution in [0, 0.1) is 5.92 Å². The number of amides is 2. The summed E-state index contributed by atoms with van der Waals surface area (Å²) in [5.41, 5.74) is 1.49. The molecule has 0 aromatic heterocycles. The summed E-state index contributed by atoms with van der Waals surface area (Å²) in [6.07, 6.45) is 1.84. The molecule has 0 spiro atoms. The van der Waals surface area contributed by atoms with E-state index >= 15 is 0 Å². The lowest BCUT2D eigenvalue weighted by atomic mass is 9.89. The number of rotatable bonds is 3.